The summed E-state index contributed by atoms with van der Waals surface area (Å²) in [6.45, 7) is 3.82. The maximum atomic E-state index is 11.5. The van der Waals surface area contributed by atoms with Gasteiger partial charge in [-0.25, -0.2) is 4.79 Å². The molecule has 3 heteroatoms. The predicted molar refractivity (Wildman–Crippen MR) is 71.9 cm³/mol. The largest absolute Gasteiger partial charge is 0.497 e. The Kier molecular flexibility index (Phi) is 4.03. The minimum atomic E-state index is -0.305. The zero-order valence-corrected chi connectivity index (χ0v) is 10.6. The first-order valence-electron chi connectivity index (χ1n) is 6.14. The van der Waals surface area contributed by atoms with Gasteiger partial charge in [-0.3, -0.25) is 0 Å². The van der Waals surface area contributed by atoms with Crippen LogP contribution in [0.4, 0.5) is 0 Å². The lowest BCUT2D eigenvalue weighted by Crippen LogP contribution is -2.01. The molecule has 0 N–H and O–H groups in total. The van der Waals surface area contributed by atoms with E-state index in [0.29, 0.717) is 11.3 Å². The molecular weight excluding hydrogens is 228 g/mol. The van der Waals surface area contributed by atoms with Crippen LogP contribution in [0.1, 0.15) is 24.8 Å². The number of fused-ring (bicyclic) bond motifs is 1. The average molecular weight is 245 g/mol. The van der Waals surface area contributed by atoms with Gasteiger partial charge in [-0.15, -0.1) is 0 Å². The summed E-state index contributed by atoms with van der Waals surface area (Å²) in [5.41, 5.74) is 1.32. The zero-order chi connectivity index (χ0) is 13.0. The molecule has 0 unspecified atom stereocenters. The molecule has 0 aliphatic heterocycles. The van der Waals surface area contributed by atoms with Gasteiger partial charge in [-0.2, -0.15) is 0 Å². The summed E-state index contributed by atoms with van der Waals surface area (Å²) in [6, 6.07) is 7.16. The Bertz CT molecular complexity index is 584. The van der Waals surface area contributed by atoms with Crippen LogP contribution in [0.15, 0.2) is 33.5 Å². The zero-order valence-electron chi connectivity index (χ0n) is 10.6. The summed E-state index contributed by atoms with van der Waals surface area (Å²) in [4.78, 5) is 11.5. The standard InChI is InChI=1S/C15H17O3/c1-3-4-5-6-11-9-15(16)18-14-10-12(17-2)7-8-13(11)14/h7-10H,1,3-6H2,2H3. The average Bonchev–Trinajstić information content (AvgIpc) is 2.38. The Morgan fingerprint density at radius 3 is 2.83 bits per heavy atom. The molecule has 0 amide bonds. The predicted octanol–water partition coefficient (Wildman–Crippen LogP) is 3.35. The second-order valence-electron chi connectivity index (χ2n) is 4.26. The molecule has 0 bridgehead atoms. The molecule has 0 fully saturated rings. The summed E-state index contributed by atoms with van der Waals surface area (Å²) in [7, 11) is 1.59. The van der Waals surface area contributed by atoms with Gasteiger partial charge in [0.15, 0.2) is 0 Å². The van der Waals surface area contributed by atoms with Crippen molar-refractivity contribution in [3.8, 4) is 5.75 Å². The van der Waals surface area contributed by atoms with E-state index in [2.05, 4.69) is 6.92 Å². The van der Waals surface area contributed by atoms with Crippen LogP contribution >= 0.6 is 0 Å². The molecule has 1 heterocycles. The second-order valence-corrected chi connectivity index (χ2v) is 4.26. The van der Waals surface area contributed by atoms with Crippen molar-refractivity contribution in [1.29, 1.82) is 0 Å². The van der Waals surface area contributed by atoms with Gasteiger partial charge in [0.1, 0.15) is 11.3 Å². The van der Waals surface area contributed by atoms with Crippen LogP contribution in [0.2, 0.25) is 0 Å². The molecule has 0 aliphatic rings. The third-order valence-electron chi connectivity index (χ3n) is 2.98. The summed E-state index contributed by atoms with van der Waals surface area (Å²) in [6.07, 6.45) is 3.91. The quantitative estimate of drug-likeness (QED) is 0.599. The molecule has 0 saturated heterocycles. The SMILES string of the molecule is [CH2]CCCCc1cc(=O)oc2cc(OC)ccc12. The molecule has 1 aromatic carbocycles. The first-order valence-corrected chi connectivity index (χ1v) is 6.14. The molecule has 1 aromatic heterocycles. The first-order chi connectivity index (χ1) is 8.74. The number of hydrogen-bond donors (Lipinski definition) is 0. The number of unbranched alkanes of at least 4 members (excludes halogenated alkanes) is 2. The normalized spacial score (nSPS) is 10.8. The molecule has 2 rings (SSSR count). The summed E-state index contributed by atoms with van der Waals surface area (Å²) >= 11 is 0. The maximum absolute atomic E-state index is 11.5. The van der Waals surface area contributed by atoms with Crippen LogP contribution in [-0.4, -0.2) is 7.11 Å². The van der Waals surface area contributed by atoms with Gasteiger partial charge < -0.3 is 9.15 Å². The van der Waals surface area contributed by atoms with Crippen molar-refractivity contribution in [3.63, 3.8) is 0 Å². The fourth-order valence-corrected chi connectivity index (χ4v) is 2.04. The molecule has 0 spiro atoms. The lowest BCUT2D eigenvalue weighted by molar-refractivity contribution is 0.414. The molecule has 2 aromatic rings. The van der Waals surface area contributed by atoms with Crippen LogP contribution in [0.3, 0.4) is 0 Å². The third kappa shape index (κ3) is 2.73. The first kappa shape index (κ1) is 12.7. The smallest absolute Gasteiger partial charge is 0.336 e. The van der Waals surface area contributed by atoms with E-state index >= 15 is 0 Å². The minimum Gasteiger partial charge on any atom is -0.497 e. The van der Waals surface area contributed by atoms with E-state index in [9.17, 15) is 4.79 Å². The van der Waals surface area contributed by atoms with Gasteiger partial charge in [-0.05, 0) is 30.5 Å². The van der Waals surface area contributed by atoms with Crippen molar-refractivity contribution in [2.24, 2.45) is 0 Å². The highest BCUT2D eigenvalue weighted by Gasteiger charge is 2.06. The van der Waals surface area contributed by atoms with Gasteiger partial charge in [0.2, 0.25) is 0 Å². The van der Waals surface area contributed by atoms with E-state index in [4.69, 9.17) is 9.15 Å². The number of methoxy groups -OCH3 is 1. The molecule has 0 atom stereocenters. The maximum Gasteiger partial charge on any atom is 0.336 e. The number of ether oxygens (including phenoxy) is 1. The number of hydrogen-bond acceptors (Lipinski definition) is 3. The second kappa shape index (κ2) is 5.71. The number of benzene rings is 1. The van der Waals surface area contributed by atoms with Crippen molar-refractivity contribution < 1.29 is 9.15 Å². The summed E-state index contributed by atoms with van der Waals surface area (Å²) in [5, 5.41) is 0.986. The van der Waals surface area contributed by atoms with Gasteiger partial charge in [0.25, 0.3) is 0 Å². The number of rotatable bonds is 5. The molecule has 1 radical (unpaired) electrons. The highest BCUT2D eigenvalue weighted by Crippen LogP contribution is 2.23. The van der Waals surface area contributed by atoms with Crippen LogP contribution < -0.4 is 10.4 Å². The third-order valence-corrected chi connectivity index (χ3v) is 2.98. The van der Waals surface area contributed by atoms with Crippen LogP contribution in [-0.2, 0) is 6.42 Å². The molecule has 3 nitrogen and oxygen atoms in total. The van der Waals surface area contributed by atoms with Gasteiger partial charge in [0, 0.05) is 17.5 Å². The van der Waals surface area contributed by atoms with Gasteiger partial charge >= 0.3 is 5.63 Å². The Morgan fingerprint density at radius 1 is 1.28 bits per heavy atom. The van der Waals surface area contributed by atoms with E-state index in [1.807, 2.05) is 12.1 Å². The fraction of sp³-hybridized carbons (Fsp3) is 0.333. The van der Waals surface area contributed by atoms with Crippen LogP contribution in [0.5, 0.6) is 5.75 Å². The monoisotopic (exact) mass is 245 g/mol. The van der Waals surface area contributed by atoms with Crippen molar-refractivity contribution in [1.82, 2.24) is 0 Å². The summed E-state index contributed by atoms with van der Waals surface area (Å²) < 4.78 is 10.3. The van der Waals surface area contributed by atoms with Crippen LogP contribution in [0.25, 0.3) is 11.0 Å². The summed E-state index contributed by atoms with van der Waals surface area (Å²) in [5.74, 6) is 0.695. The topological polar surface area (TPSA) is 39.4 Å². The van der Waals surface area contributed by atoms with E-state index in [0.717, 1.165) is 36.6 Å². The van der Waals surface area contributed by atoms with E-state index in [-0.39, 0.29) is 5.63 Å². The minimum absolute atomic E-state index is 0.305. The molecule has 18 heavy (non-hydrogen) atoms. The van der Waals surface area contributed by atoms with E-state index < -0.39 is 0 Å². The van der Waals surface area contributed by atoms with Crippen molar-refractivity contribution in [2.75, 3.05) is 7.11 Å². The van der Waals surface area contributed by atoms with Gasteiger partial charge in [-0.1, -0.05) is 19.8 Å². The number of aryl methyl sites for hydroxylation is 1. The Hall–Kier alpha value is -1.77. The van der Waals surface area contributed by atoms with Crippen molar-refractivity contribution >= 4 is 11.0 Å². The van der Waals surface area contributed by atoms with Gasteiger partial charge in [0.05, 0.1) is 7.11 Å². The molecular formula is C15H17O3. The Labute approximate surface area is 106 Å². The Morgan fingerprint density at radius 2 is 2.11 bits per heavy atom. The molecule has 0 saturated carbocycles. The van der Waals surface area contributed by atoms with E-state index in [1.165, 1.54) is 0 Å². The lowest BCUT2D eigenvalue weighted by atomic mass is 10.0. The highest BCUT2D eigenvalue weighted by atomic mass is 16.5. The fourth-order valence-electron chi connectivity index (χ4n) is 2.04. The lowest BCUT2D eigenvalue weighted by Gasteiger charge is -2.06. The Balaban J connectivity index is 2.42. The van der Waals surface area contributed by atoms with Crippen LogP contribution in [0, 0.1) is 6.92 Å². The van der Waals surface area contributed by atoms with Crippen molar-refractivity contribution in [2.45, 2.75) is 25.7 Å². The molecule has 95 valence electrons. The van der Waals surface area contributed by atoms with Crippen molar-refractivity contribution in [3.05, 3.63) is 47.2 Å². The highest BCUT2D eigenvalue weighted by molar-refractivity contribution is 5.81. The molecule has 0 aliphatic carbocycles. The van der Waals surface area contributed by atoms with E-state index in [1.54, 1.807) is 19.2 Å².